The monoisotopic (exact) mass is 313 g/mol. The van der Waals surface area contributed by atoms with Crippen molar-refractivity contribution >= 4 is 35.1 Å². The highest BCUT2D eigenvalue weighted by Crippen LogP contribution is 2.14. The third-order valence-electron chi connectivity index (χ3n) is 2.37. The van der Waals surface area contributed by atoms with Crippen LogP contribution in [0.2, 0.25) is 5.02 Å². The third-order valence-corrected chi connectivity index (χ3v) is 2.61. The van der Waals surface area contributed by atoms with Gasteiger partial charge in [-0.3, -0.25) is 19.3 Å². The van der Waals surface area contributed by atoms with E-state index in [1.54, 1.807) is 31.3 Å². The fourth-order valence-electron chi connectivity index (χ4n) is 1.54. The van der Waals surface area contributed by atoms with Crippen molar-refractivity contribution in [1.82, 2.24) is 10.2 Å². The van der Waals surface area contributed by atoms with Crippen molar-refractivity contribution in [2.45, 2.75) is 0 Å². The SMILES string of the molecule is CN(CC(=O)NCC(=O)O)CC(=O)Nc1cccc(Cl)c1. The van der Waals surface area contributed by atoms with Crippen molar-refractivity contribution < 1.29 is 19.5 Å². The summed E-state index contributed by atoms with van der Waals surface area (Å²) in [5.74, 6) is -1.88. The summed E-state index contributed by atoms with van der Waals surface area (Å²) >= 11 is 5.80. The molecule has 7 nitrogen and oxygen atoms in total. The number of likely N-dealkylation sites (N-methyl/N-ethyl adjacent to an activating group) is 1. The lowest BCUT2D eigenvalue weighted by molar-refractivity contribution is -0.138. The molecule has 0 aromatic heterocycles. The number of hydrogen-bond donors (Lipinski definition) is 3. The maximum atomic E-state index is 11.8. The van der Waals surface area contributed by atoms with Gasteiger partial charge in [0.05, 0.1) is 13.1 Å². The molecule has 114 valence electrons. The predicted octanol–water partition coefficient (Wildman–Crippen LogP) is 0.411. The van der Waals surface area contributed by atoms with Crippen molar-refractivity contribution in [3.63, 3.8) is 0 Å². The number of benzene rings is 1. The van der Waals surface area contributed by atoms with Crippen molar-refractivity contribution in [1.29, 1.82) is 0 Å². The van der Waals surface area contributed by atoms with E-state index in [-0.39, 0.29) is 19.0 Å². The Bertz CT molecular complexity index is 536. The zero-order valence-electron chi connectivity index (χ0n) is 11.4. The minimum Gasteiger partial charge on any atom is -0.480 e. The number of aliphatic carboxylic acids is 1. The first kappa shape index (κ1) is 16.9. The maximum absolute atomic E-state index is 11.8. The molecule has 0 radical (unpaired) electrons. The maximum Gasteiger partial charge on any atom is 0.322 e. The Hall–Kier alpha value is -2.12. The summed E-state index contributed by atoms with van der Waals surface area (Å²) in [7, 11) is 1.58. The van der Waals surface area contributed by atoms with E-state index in [0.717, 1.165) is 0 Å². The first-order chi connectivity index (χ1) is 9.86. The number of nitrogens with zero attached hydrogens (tertiary/aromatic N) is 1. The number of carboxylic acids is 1. The quantitative estimate of drug-likeness (QED) is 0.677. The Morgan fingerprint density at radius 1 is 1.24 bits per heavy atom. The van der Waals surface area contributed by atoms with Crippen LogP contribution in [0.15, 0.2) is 24.3 Å². The molecule has 1 rings (SSSR count). The number of amides is 2. The highest BCUT2D eigenvalue weighted by atomic mass is 35.5. The van der Waals surface area contributed by atoms with Gasteiger partial charge in [-0.2, -0.15) is 0 Å². The van der Waals surface area contributed by atoms with E-state index >= 15 is 0 Å². The van der Waals surface area contributed by atoms with Gasteiger partial charge < -0.3 is 15.7 Å². The molecule has 0 bridgehead atoms. The van der Waals surface area contributed by atoms with E-state index in [2.05, 4.69) is 10.6 Å². The van der Waals surface area contributed by atoms with Crippen molar-refractivity contribution in [3.8, 4) is 0 Å². The first-order valence-electron chi connectivity index (χ1n) is 6.09. The van der Waals surface area contributed by atoms with Crippen LogP contribution in [0.25, 0.3) is 0 Å². The molecule has 0 fully saturated rings. The van der Waals surface area contributed by atoms with Crippen LogP contribution in [-0.4, -0.2) is 54.5 Å². The lowest BCUT2D eigenvalue weighted by atomic mass is 10.3. The highest BCUT2D eigenvalue weighted by Gasteiger charge is 2.11. The Balaban J connectivity index is 2.36. The summed E-state index contributed by atoms with van der Waals surface area (Å²) in [5.41, 5.74) is 0.566. The number of anilines is 1. The van der Waals surface area contributed by atoms with E-state index in [0.29, 0.717) is 10.7 Å². The normalized spacial score (nSPS) is 10.2. The van der Waals surface area contributed by atoms with Crippen LogP contribution in [0.5, 0.6) is 0 Å². The molecular formula is C13H16ClN3O4. The highest BCUT2D eigenvalue weighted by molar-refractivity contribution is 6.30. The van der Waals surface area contributed by atoms with E-state index in [1.165, 1.54) is 4.90 Å². The predicted molar refractivity (Wildman–Crippen MR) is 78.2 cm³/mol. The second-order valence-electron chi connectivity index (χ2n) is 4.40. The Labute approximate surface area is 126 Å². The fourth-order valence-corrected chi connectivity index (χ4v) is 1.73. The molecule has 3 N–H and O–H groups in total. The Kier molecular flexibility index (Phi) is 6.64. The molecule has 0 aliphatic heterocycles. The second-order valence-corrected chi connectivity index (χ2v) is 4.84. The van der Waals surface area contributed by atoms with E-state index in [9.17, 15) is 14.4 Å². The summed E-state index contributed by atoms with van der Waals surface area (Å²) in [4.78, 5) is 34.9. The molecular weight excluding hydrogens is 298 g/mol. The van der Waals surface area contributed by atoms with Gasteiger partial charge in [0, 0.05) is 10.7 Å². The van der Waals surface area contributed by atoms with Gasteiger partial charge in [0.15, 0.2) is 0 Å². The lowest BCUT2D eigenvalue weighted by Crippen LogP contribution is -2.40. The molecule has 0 saturated heterocycles. The van der Waals surface area contributed by atoms with E-state index in [4.69, 9.17) is 16.7 Å². The van der Waals surface area contributed by atoms with Crippen LogP contribution in [0.1, 0.15) is 0 Å². The number of carboxylic acid groups (broad SMARTS) is 1. The molecule has 0 saturated carbocycles. The van der Waals surface area contributed by atoms with Crippen molar-refractivity contribution in [2.75, 3.05) is 32.0 Å². The number of nitrogens with one attached hydrogen (secondary N) is 2. The average molecular weight is 314 g/mol. The molecule has 0 spiro atoms. The topological polar surface area (TPSA) is 98.7 Å². The van der Waals surface area contributed by atoms with E-state index in [1.807, 2.05) is 0 Å². The summed E-state index contributed by atoms with van der Waals surface area (Å²) in [6.45, 7) is -0.523. The lowest BCUT2D eigenvalue weighted by Gasteiger charge is -2.15. The van der Waals surface area contributed by atoms with Crippen LogP contribution in [-0.2, 0) is 14.4 Å². The molecule has 0 aliphatic rings. The summed E-state index contributed by atoms with van der Waals surface area (Å²) < 4.78 is 0. The summed E-state index contributed by atoms with van der Waals surface area (Å²) in [5, 5.41) is 13.8. The largest absolute Gasteiger partial charge is 0.480 e. The molecule has 1 aromatic rings. The molecule has 21 heavy (non-hydrogen) atoms. The molecule has 2 amide bonds. The van der Waals surface area contributed by atoms with Crippen LogP contribution < -0.4 is 10.6 Å². The number of hydrogen-bond acceptors (Lipinski definition) is 4. The van der Waals surface area contributed by atoms with Gasteiger partial charge in [-0.1, -0.05) is 17.7 Å². The minimum absolute atomic E-state index is 0.00694. The third kappa shape index (κ3) is 7.28. The smallest absolute Gasteiger partial charge is 0.322 e. The minimum atomic E-state index is -1.12. The molecule has 0 aliphatic carbocycles. The van der Waals surface area contributed by atoms with Crippen molar-refractivity contribution in [3.05, 3.63) is 29.3 Å². The number of halogens is 1. The first-order valence-corrected chi connectivity index (χ1v) is 6.47. The summed E-state index contributed by atoms with van der Waals surface area (Å²) in [6.07, 6.45) is 0. The molecule has 1 aromatic carbocycles. The molecule has 0 atom stereocenters. The number of rotatable bonds is 7. The van der Waals surface area contributed by atoms with Crippen LogP contribution in [0.3, 0.4) is 0 Å². The number of carbonyl (C=O) groups excluding carboxylic acids is 2. The standard InChI is InChI=1S/C13H16ClN3O4/c1-17(7-11(18)15-6-13(20)21)8-12(19)16-10-4-2-3-9(14)5-10/h2-5H,6-8H2,1H3,(H,15,18)(H,16,19)(H,20,21). The second kappa shape index (κ2) is 8.23. The molecule has 0 unspecified atom stereocenters. The van der Waals surface area contributed by atoms with Gasteiger partial charge in [0.2, 0.25) is 11.8 Å². The van der Waals surface area contributed by atoms with E-state index < -0.39 is 18.4 Å². The van der Waals surface area contributed by atoms with Gasteiger partial charge in [-0.15, -0.1) is 0 Å². The van der Waals surface area contributed by atoms with Gasteiger partial charge >= 0.3 is 5.97 Å². The average Bonchev–Trinajstić information content (AvgIpc) is 2.35. The van der Waals surface area contributed by atoms with Gasteiger partial charge in [-0.25, -0.2) is 0 Å². The van der Waals surface area contributed by atoms with Gasteiger partial charge in [0.1, 0.15) is 6.54 Å². The fraction of sp³-hybridized carbons (Fsp3) is 0.308. The molecule has 8 heteroatoms. The van der Waals surface area contributed by atoms with Gasteiger partial charge in [-0.05, 0) is 25.2 Å². The Morgan fingerprint density at radius 2 is 1.90 bits per heavy atom. The van der Waals surface area contributed by atoms with Crippen LogP contribution >= 0.6 is 11.6 Å². The number of carbonyl (C=O) groups is 3. The molecule has 0 heterocycles. The summed E-state index contributed by atoms with van der Waals surface area (Å²) in [6, 6.07) is 6.71. The zero-order chi connectivity index (χ0) is 15.8. The van der Waals surface area contributed by atoms with Crippen LogP contribution in [0, 0.1) is 0 Å². The van der Waals surface area contributed by atoms with Gasteiger partial charge in [0.25, 0.3) is 0 Å². The zero-order valence-corrected chi connectivity index (χ0v) is 12.2. The Morgan fingerprint density at radius 3 is 2.52 bits per heavy atom. The van der Waals surface area contributed by atoms with Crippen molar-refractivity contribution in [2.24, 2.45) is 0 Å². The van der Waals surface area contributed by atoms with Crippen LogP contribution in [0.4, 0.5) is 5.69 Å².